The molecule has 0 radical (unpaired) electrons. The van der Waals surface area contributed by atoms with Gasteiger partial charge in [0.15, 0.2) is 12.3 Å². The first kappa shape index (κ1) is 16.0. The predicted molar refractivity (Wildman–Crippen MR) is 75.2 cm³/mol. The molecule has 0 unspecified atom stereocenters. The zero-order chi connectivity index (χ0) is 15.3. The molecule has 0 spiro atoms. The van der Waals surface area contributed by atoms with Gasteiger partial charge in [0.25, 0.3) is 5.91 Å². The van der Waals surface area contributed by atoms with Crippen molar-refractivity contribution < 1.29 is 14.3 Å². The molecule has 0 bridgehead atoms. The molecule has 0 saturated carbocycles. The maximum absolute atomic E-state index is 12.0. The maximum Gasteiger partial charge on any atom is 0.359 e. The van der Waals surface area contributed by atoms with Crippen LogP contribution in [0.4, 0.5) is 5.69 Å². The van der Waals surface area contributed by atoms with Crippen molar-refractivity contribution >= 4 is 17.6 Å². The van der Waals surface area contributed by atoms with Gasteiger partial charge in [0.05, 0.1) is 11.4 Å². The second-order valence-electron chi connectivity index (χ2n) is 4.94. The van der Waals surface area contributed by atoms with Gasteiger partial charge in [-0.3, -0.25) is 9.48 Å². The third-order valence-electron chi connectivity index (χ3n) is 2.71. The van der Waals surface area contributed by atoms with E-state index in [1.165, 1.54) is 4.68 Å². The van der Waals surface area contributed by atoms with Crippen LogP contribution in [0.1, 0.15) is 37.0 Å². The highest BCUT2D eigenvalue weighted by Gasteiger charge is 2.21. The number of anilines is 1. The van der Waals surface area contributed by atoms with Crippen LogP contribution in [0.15, 0.2) is 0 Å². The lowest BCUT2D eigenvalue weighted by Crippen LogP contribution is -2.32. The SMILES string of the molecule is CCn1nc(C)c(N)c1C(=O)OCC(=O)NCC(C)C. The molecule has 7 heteroatoms. The molecule has 1 aromatic rings. The largest absolute Gasteiger partial charge is 0.451 e. The number of ether oxygens (including phenoxy) is 1. The number of hydrogen-bond acceptors (Lipinski definition) is 5. The number of rotatable bonds is 6. The first-order chi connectivity index (χ1) is 9.36. The van der Waals surface area contributed by atoms with Gasteiger partial charge in [0, 0.05) is 13.1 Å². The highest BCUT2D eigenvalue weighted by molar-refractivity contribution is 5.95. The predicted octanol–water partition coefficient (Wildman–Crippen LogP) is 0.723. The van der Waals surface area contributed by atoms with E-state index in [2.05, 4.69) is 10.4 Å². The summed E-state index contributed by atoms with van der Waals surface area (Å²) >= 11 is 0. The summed E-state index contributed by atoms with van der Waals surface area (Å²) in [5, 5.41) is 6.79. The quantitative estimate of drug-likeness (QED) is 0.749. The normalized spacial score (nSPS) is 10.7. The molecular formula is C13H22N4O3. The molecule has 1 amide bonds. The zero-order valence-electron chi connectivity index (χ0n) is 12.4. The van der Waals surface area contributed by atoms with E-state index in [0.717, 1.165) is 0 Å². The van der Waals surface area contributed by atoms with E-state index in [0.29, 0.717) is 30.4 Å². The van der Waals surface area contributed by atoms with Crippen molar-refractivity contribution in [2.45, 2.75) is 34.2 Å². The average molecular weight is 282 g/mol. The highest BCUT2D eigenvalue weighted by atomic mass is 16.5. The number of nitrogens with zero attached hydrogens (tertiary/aromatic N) is 2. The van der Waals surface area contributed by atoms with Gasteiger partial charge < -0.3 is 15.8 Å². The number of hydrogen-bond donors (Lipinski definition) is 2. The van der Waals surface area contributed by atoms with Crippen molar-refractivity contribution in [1.29, 1.82) is 0 Å². The minimum atomic E-state index is -0.635. The summed E-state index contributed by atoms with van der Waals surface area (Å²) in [6, 6.07) is 0. The lowest BCUT2D eigenvalue weighted by molar-refractivity contribution is -0.124. The van der Waals surface area contributed by atoms with Gasteiger partial charge in [-0.15, -0.1) is 0 Å². The monoisotopic (exact) mass is 282 g/mol. The number of aromatic nitrogens is 2. The van der Waals surface area contributed by atoms with Gasteiger partial charge in [-0.1, -0.05) is 13.8 Å². The van der Waals surface area contributed by atoms with Crippen LogP contribution in [-0.4, -0.2) is 34.8 Å². The second-order valence-corrected chi connectivity index (χ2v) is 4.94. The smallest absolute Gasteiger partial charge is 0.359 e. The van der Waals surface area contributed by atoms with Crippen molar-refractivity contribution in [3.05, 3.63) is 11.4 Å². The fourth-order valence-electron chi connectivity index (χ4n) is 1.61. The maximum atomic E-state index is 12.0. The number of aryl methyl sites for hydroxylation is 2. The molecule has 20 heavy (non-hydrogen) atoms. The van der Waals surface area contributed by atoms with Crippen LogP contribution in [0, 0.1) is 12.8 Å². The van der Waals surface area contributed by atoms with Gasteiger partial charge in [-0.05, 0) is 19.8 Å². The number of nitrogen functional groups attached to an aromatic ring is 1. The molecule has 0 aromatic carbocycles. The first-order valence-electron chi connectivity index (χ1n) is 6.63. The van der Waals surface area contributed by atoms with E-state index in [-0.39, 0.29) is 18.2 Å². The highest BCUT2D eigenvalue weighted by Crippen LogP contribution is 2.17. The number of carbonyl (C=O) groups excluding carboxylic acids is 2. The lowest BCUT2D eigenvalue weighted by atomic mass is 10.2. The molecule has 0 aliphatic rings. The van der Waals surface area contributed by atoms with Gasteiger partial charge >= 0.3 is 5.97 Å². The third-order valence-corrected chi connectivity index (χ3v) is 2.71. The molecular weight excluding hydrogens is 260 g/mol. The van der Waals surface area contributed by atoms with Gasteiger partial charge in [-0.25, -0.2) is 4.79 Å². The fourth-order valence-corrected chi connectivity index (χ4v) is 1.61. The van der Waals surface area contributed by atoms with Crippen molar-refractivity contribution in [1.82, 2.24) is 15.1 Å². The van der Waals surface area contributed by atoms with E-state index in [1.54, 1.807) is 6.92 Å². The van der Waals surface area contributed by atoms with E-state index < -0.39 is 5.97 Å². The Labute approximate surface area is 118 Å². The summed E-state index contributed by atoms with van der Waals surface area (Å²) in [5.41, 5.74) is 6.86. The Morgan fingerprint density at radius 2 is 2.10 bits per heavy atom. The molecule has 0 aliphatic carbocycles. The Morgan fingerprint density at radius 1 is 1.45 bits per heavy atom. The van der Waals surface area contributed by atoms with Crippen molar-refractivity contribution in [3.8, 4) is 0 Å². The third kappa shape index (κ3) is 3.97. The second kappa shape index (κ2) is 6.93. The molecule has 7 nitrogen and oxygen atoms in total. The molecule has 1 rings (SSSR count). The molecule has 0 aliphatic heterocycles. The summed E-state index contributed by atoms with van der Waals surface area (Å²) in [6.07, 6.45) is 0. The number of nitrogens with two attached hydrogens (primary N) is 1. The van der Waals surface area contributed by atoms with Crippen LogP contribution < -0.4 is 11.1 Å². The average Bonchev–Trinajstić information content (AvgIpc) is 2.69. The first-order valence-corrected chi connectivity index (χ1v) is 6.63. The Hall–Kier alpha value is -2.05. The minimum absolute atomic E-state index is 0.196. The van der Waals surface area contributed by atoms with Gasteiger partial charge in [0.1, 0.15) is 0 Å². The van der Waals surface area contributed by atoms with Crippen LogP contribution in [0.3, 0.4) is 0 Å². The molecule has 0 saturated heterocycles. The number of carbonyl (C=O) groups is 2. The summed E-state index contributed by atoms with van der Waals surface area (Å²) < 4.78 is 6.44. The van der Waals surface area contributed by atoms with E-state index in [1.807, 2.05) is 20.8 Å². The minimum Gasteiger partial charge on any atom is -0.451 e. The molecule has 1 aromatic heterocycles. The number of nitrogens with one attached hydrogen (secondary N) is 1. The van der Waals surface area contributed by atoms with Gasteiger partial charge in [-0.2, -0.15) is 5.10 Å². The summed E-state index contributed by atoms with van der Waals surface area (Å²) in [7, 11) is 0. The van der Waals surface area contributed by atoms with E-state index in [4.69, 9.17) is 10.5 Å². The summed E-state index contributed by atoms with van der Waals surface area (Å²) in [6.45, 7) is 8.25. The van der Waals surface area contributed by atoms with Crippen molar-refractivity contribution in [2.24, 2.45) is 5.92 Å². The summed E-state index contributed by atoms with van der Waals surface area (Å²) in [4.78, 5) is 23.4. The van der Waals surface area contributed by atoms with E-state index >= 15 is 0 Å². The van der Waals surface area contributed by atoms with Gasteiger partial charge in [0.2, 0.25) is 0 Å². The topological polar surface area (TPSA) is 99.2 Å². The zero-order valence-corrected chi connectivity index (χ0v) is 12.4. The summed E-state index contributed by atoms with van der Waals surface area (Å²) in [5.74, 6) is -0.621. The Bertz CT molecular complexity index is 494. The van der Waals surface area contributed by atoms with Crippen molar-refractivity contribution in [2.75, 3.05) is 18.9 Å². The molecule has 0 atom stereocenters. The number of esters is 1. The van der Waals surface area contributed by atoms with E-state index in [9.17, 15) is 9.59 Å². The number of amides is 1. The van der Waals surface area contributed by atoms with Crippen LogP contribution in [0.25, 0.3) is 0 Å². The Balaban J connectivity index is 2.61. The van der Waals surface area contributed by atoms with Crippen LogP contribution >= 0.6 is 0 Å². The van der Waals surface area contributed by atoms with Crippen LogP contribution in [0.2, 0.25) is 0 Å². The fraction of sp³-hybridized carbons (Fsp3) is 0.615. The standard InChI is InChI=1S/C13H22N4O3/c1-5-17-12(11(14)9(4)16-17)13(19)20-7-10(18)15-6-8(2)3/h8H,5-7,14H2,1-4H3,(H,15,18). The molecule has 3 N–H and O–H groups in total. The van der Waals surface area contributed by atoms with Crippen LogP contribution in [-0.2, 0) is 16.1 Å². The molecule has 112 valence electrons. The molecule has 1 heterocycles. The Morgan fingerprint density at radius 3 is 2.65 bits per heavy atom. The Kier molecular flexibility index (Phi) is 5.54. The van der Waals surface area contributed by atoms with Crippen LogP contribution in [0.5, 0.6) is 0 Å². The van der Waals surface area contributed by atoms with Crippen molar-refractivity contribution in [3.63, 3.8) is 0 Å². The lowest BCUT2D eigenvalue weighted by Gasteiger charge is -2.09. The molecule has 0 fully saturated rings.